The third-order valence-corrected chi connectivity index (χ3v) is 9.29. The van der Waals surface area contributed by atoms with Gasteiger partial charge in [0, 0.05) is 48.7 Å². The fourth-order valence-electron chi connectivity index (χ4n) is 5.77. The number of nitrogens with zero attached hydrogens (tertiary/aromatic N) is 2. The maximum absolute atomic E-state index is 13.7. The Morgan fingerprint density at radius 1 is 1.02 bits per heavy atom. The third-order valence-electron chi connectivity index (χ3n) is 7.89. The average molecular weight is 554 g/mol. The molecule has 1 aliphatic heterocycles. The molecule has 6 heteroatoms. The van der Waals surface area contributed by atoms with E-state index in [0.29, 0.717) is 29.9 Å². The van der Waals surface area contributed by atoms with E-state index in [4.69, 9.17) is 0 Å². The second kappa shape index (κ2) is 13.2. The van der Waals surface area contributed by atoms with Gasteiger partial charge in [0.15, 0.2) is 0 Å². The summed E-state index contributed by atoms with van der Waals surface area (Å²) in [6, 6.07) is 26.6. The van der Waals surface area contributed by atoms with Crippen LogP contribution in [-0.2, 0) is 11.3 Å². The second-order valence-electron chi connectivity index (χ2n) is 10.7. The highest BCUT2D eigenvalue weighted by Crippen LogP contribution is 2.42. The number of fused-ring (bicyclic) bond motifs is 1. The molecule has 2 amide bonds. The number of hydrogen-bond acceptors (Lipinski definition) is 4. The number of nitrogens with one attached hydrogen (secondary N) is 1. The van der Waals surface area contributed by atoms with E-state index < -0.39 is 0 Å². The molecule has 40 heavy (non-hydrogen) atoms. The van der Waals surface area contributed by atoms with E-state index in [0.717, 1.165) is 42.1 Å². The summed E-state index contributed by atoms with van der Waals surface area (Å²) in [5, 5.41) is 3.48. The van der Waals surface area contributed by atoms with Crippen LogP contribution in [-0.4, -0.2) is 47.6 Å². The van der Waals surface area contributed by atoms with Gasteiger partial charge in [0.05, 0.1) is 4.91 Å². The van der Waals surface area contributed by atoms with Crippen LogP contribution in [0, 0.1) is 6.92 Å². The molecule has 5 rings (SSSR count). The Hall–Kier alpha value is -3.51. The number of likely N-dealkylation sites (N-methyl/N-ethyl adjacent to an activating group) is 1. The molecule has 208 valence electrons. The molecule has 1 N–H and O–H groups in total. The molecule has 1 saturated carbocycles. The Balaban J connectivity index is 1.24. The Labute approximate surface area is 242 Å². The van der Waals surface area contributed by atoms with E-state index in [-0.39, 0.29) is 11.8 Å². The van der Waals surface area contributed by atoms with Gasteiger partial charge < -0.3 is 15.1 Å². The number of para-hydroxylation sites is 1. The average Bonchev–Trinajstić information content (AvgIpc) is 2.98. The summed E-state index contributed by atoms with van der Waals surface area (Å²) in [6.45, 7) is 7.06. The Kier molecular flexibility index (Phi) is 9.27. The van der Waals surface area contributed by atoms with E-state index in [1.807, 2.05) is 48.5 Å². The number of amides is 2. The first-order chi connectivity index (χ1) is 19.5. The summed E-state index contributed by atoms with van der Waals surface area (Å²) in [4.78, 5) is 31.7. The second-order valence-corrected chi connectivity index (χ2v) is 12.0. The van der Waals surface area contributed by atoms with Crippen molar-refractivity contribution in [3.63, 3.8) is 0 Å². The normalized spacial score (nSPS) is 19.8. The molecular weight excluding hydrogens is 514 g/mol. The van der Waals surface area contributed by atoms with Crippen LogP contribution in [0.3, 0.4) is 0 Å². The molecule has 1 heterocycles. The predicted molar refractivity (Wildman–Crippen MR) is 166 cm³/mol. The zero-order chi connectivity index (χ0) is 27.9. The van der Waals surface area contributed by atoms with E-state index in [1.54, 1.807) is 11.8 Å². The number of aryl methyl sites for hydroxylation is 1. The van der Waals surface area contributed by atoms with Crippen molar-refractivity contribution in [2.45, 2.75) is 57.4 Å². The molecule has 2 fully saturated rings. The molecule has 1 saturated heterocycles. The van der Waals surface area contributed by atoms with Gasteiger partial charge in [-0.3, -0.25) is 9.59 Å². The van der Waals surface area contributed by atoms with Gasteiger partial charge in [0.25, 0.3) is 11.8 Å². The van der Waals surface area contributed by atoms with Gasteiger partial charge in [0.2, 0.25) is 0 Å². The molecule has 3 aromatic rings. The van der Waals surface area contributed by atoms with Crippen LogP contribution in [0.1, 0.15) is 59.7 Å². The van der Waals surface area contributed by atoms with Crippen LogP contribution in [0.25, 0.3) is 6.08 Å². The minimum absolute atomic E-state index is 0.0826. The van der Waals surface area contributed by atoms with Gasteiger partial charge in [-0.1, -0.05) is 73.0 Å². The lowest BCUT2D eigenvalue weighted by molar-refractivity contribution is -0.130. The van der Waals surface area contributed by atoms with Crippen molar-refractivity contribution in [1.82, 2.24) is 10.2 Å². The smallest absolute Gasteiger partial charge is 0.260 e. The Morgan fingerprint density at radius 2 is 1.80 bits per heavy atom. The highest BCUT2D eigenvalue weighted by Gasteiger charge is 2.40. The SMILES string of the molecule is CCN(CCNC(=O)c1ccc(/C=C2/SC3CCCCC3N(Cc3cccc(C)c3)C2=O)cc1)c1ccccc1. The van der Waals surface area contributed by atoms with Crippen LogP contribution < -0.4 is 10.2 Å². The molecule has 2 unspecified atom stereocenters. The van der Waals surface area contributed by atoms with Gasteiger partial charge >= 0.3 is 0 Å². The monoisotopic (exact) mass is 553 g/mol. The van der Waals surface area contributed by atoms with Gasteiger partial charge in [-0.15, -0.1) is 11.8 Å². The summed E-state index contributed by atoms with van der Waals surface area (Å²) < 4.78 is 0. The molecule has 3 aromatic carbocycles. The zero-order valence-corrected chi connectivity index (χ0v) is 24.3. The lowest BCUT2D eigenvalue weighted by Gasteiger charge is -2.44. The first-order valence-corrected chi connectivity index (χ1v) is 15.3. The number of hydrogen-bond donors (Lipinski definition) is 1. The molecule has 2 atom stereocenters. The van der Waals surface area contributed by atoms with E-state index in [1.165, 1.54) is 24.0 Å². The molecule has 2 aliphatic rings. The molecule has 0 spiro atoms. The van der Waals surface area contributed by atoms with Crippen LogP contribution in [0.4, 0.5) is 5.69 Å². The topological polar surface area (TPSA) is 52.7 Å². The number of anilines is 1. The van der Waals surface area contributed by atoms with E-state index in [9.17, 15) is 9.59 Å². The predicted octanol–water partition coefficient (Wildman–Crippen LogP) is 6.68. The minimum Gasteiger partial charge on any atom is -0.370 e. The first kappa shape index (κ1) is 28.0. The van der Waals surface area contributed by atoms with Crippen molar-refractivity contribution in [3.8, 4) is 0 Å². The maximum Gasteiger partial charge on any atom is 0.260 e. The van der Waals surface area contributed by atoms with Crippen LogP contribution in [0.2, 0.25) is 0 Å². The summed E-state index contributed by atoms with van der Waals surface area (Å²) >= 11 is 1.75. The fraction of sp³-hybridized carbons (Fsp3) is 0.353. The largest absolute Gasteiger partial charge is 0.370 e. The zero-order valence-electron chi connectivity index (χ0n) is 23.5. The molecular formula is C34H39N3O2S. The number of carbonyl (C=O) groups excluding carboxylic acids is 2. The van der Waals surface area contributed by atoms with E-state index in [2.05, 4.69) is 65.4 Å². The van der Waals surface area contributed by atoms with Crippen molar-refractivity contribution in [2.24, 2.45) is 0 Å². The summed E-state index contributed by atoms with van der Waals surface area (Å²) in [6.07, 6.45) is 6.63. The Morgan fingerprint density at radius 3 is 2.55 bits per heavy atom. The lowest BCUT2D eigenvalue weighted by Crippen LogP contribution is -2.50. The fourth-order valence-corrected chi connectivity index (χ4v) is 7.24. The number of carbonyl (C=O) groups is 2. The van der Waals surface area contributed by atoms with Crippen LogP contribution >= 0.6 is 11.8 Å². The molecule has 0 bridgehead atoms. The minimum atomic E-state index is -0.0826. The highest BCUT2D eigenvalue weighted by atomic mass is 32.2. The summed E-state index contributed by atoms with van der Waals surface area (Å²) in [5.41, 5.74) is 5.13. The summed E-state index contributed by atoms with van der Waals surface area (Å²) in [7, 11) is 0. The number of rotatable bonds is 9. The van der Waals surface area contributed by atoms with Crippen molar-refractivity contribution >= 4 is 35.3 Å². The van der Waals surface area contributed by atoms with Crippen molar-refractivity contribution < 1.29 is 9.59 Å². The lowest BCUT2D eigenvalue weighted by atomic mass is 9.92. The third kappa shape index (κ3) is 6.79. The highest BCUT2D eigenvalue weighted by molar-refractivity contribution is 8.04. The maximum atomic E-state index is 13.7. The molecule has 0 aromatic heterocycles. The first-order valence-electron chi connectivity index (χ1n) is 14.4. The number of benzene rings is 3. The number of thioether (sulfide) groups is 1. The Bertz CT molecular complexity index is 1340. The van der Waals surface area contributed by atoms with Gasteiger partial charge in [-0.2, -0.15) is 0 Å². The van der Waals surface area contributed by atoms with Gasteiger partial charge in [0.1, 0.15) is 0 Å². The van der Waals surface area contributed by atoms with Crippen molar-refractivity contribution in [1.29, 1.82) is 0 Å². The van der Waals surface area contributed by atoms with Crippen molar-refractivity contribution in [3.05, 3.63) is 106 Å². The van der Waals surface area contributed by atoms with Gasteiger partial charge in [-0.25, -0.2) is 0 Å². The molecule has 1 aliphatic carbocycles. The molecule has 0 radical (unpaired) electrons. The molecule has 5 nitrogen and oxygen atoms in total. The summed E-state index contributed by atoms with van der Waals surface area (Å²) in [5.74, 6) is 0.0381. The van der Waals surface area contributed by atoms with Crippen LogP contribution in [0.5, 0.6) is 0 Å². The van der Waals surface area contributed by atoms with Crippen molar-refractivity contribution in [2.75, 3.05) is 24.5 Å². The standard InChI is InChI=1S/C34H39N3O2S/c1-3-36(29-12-5-4-6-13-29)21-20-35-33(38)28-18-16-26(17-19-28)23-32-34(39)37(24-27-11-9-10-25(2)22-27)30-14-7-8-15-31(30)40-32/h4-6,9-13,16-19,22-23,30-31H,3,7-8,14-15,20-21,24H2,1-2H3,(H,35,38)/b32-23+. The van der Waals surface area contributed by atoms with Crippen LogP contribution in [0.15, 0.2) is 83.8 Å². The van der Waals surface area contributed by atoms with E-state index >= 15 is 0 Å². The quantitative estimate of drug-likeness (QED) is 0.301. The van der Waals surface area contributed by atoms with Gasteiger partial charge in [-0.05, 0) is 68.2 Å².